The van der Waals surface area contributed by atoms with E-state index in [0.717, 1.165) is 17.8 Å². The third-order valence-electron chi connectivity index (χ3n) is 3.01. The fraction of sp³-hybridized carbons (Fsp3) is 0.308. The Morgan fingerprint density at radius 2 is 1.89 bits per heavy atom. The average Bonchev–Trinajstić information content (AvgIpc) is 2.79. The first-order valence-electron chi connectivity index (χ1n) is 6.10. The quantitative estimate of drug-likeness (QED) is 0.850. The van der Waals surface area contributed by atoms with Crippen LogP contribution in [0.1, 0.15) is 25.2 Å². The van der Waals surface area contributed by atoms with E-state index in [1.54, 1.807) is 0 Å². The van der Waals surface area contributed by atoms with Gasteiger partial charge in [-0.15, -0.1) is 0 Å². The van der Waals surface area contributed by atoms with Gasteiger partial charge in [-0.25, -0.2) is 9.07 Å². The molecular formula is C13H16ClFN4. The molecule has 102 valence electrons. The molecule has 0 fully saturated rings. The highest BCUT2D eigenvalue weighted by atomic mass is 35.5. The van der Waals surface area contributed by atoms with Crippen molar-refractivity contribution in [2.24, 2.45) is 0 Å². The van der Waals surface area contributed by atoms with Crippen LogP contribution in [-0.4, -0.2) is 9.78 Å². The van der Waals surface area contributed by atoms with Crippen LogP contribution in [0.15, 0.2) is 12.1 Å². The van der Waals surface area contributed by atoms with E-state index in [2.05, 4.69) is 5.10 Å². The van der Waals surface area contributed by atoms with Gasteiger partial charge in [-0.2, -0.15) is 5.10 Å². The zero-order chi connectivity index (χ0) is 14.2. The Morgan fingerprint density at radius 1 is 1.21 bits per heavy atom. The number of hydrogen-bond acceptors (Lipinski definition) is 3. The molecule has 1 aromatic carbocycles. The molecule has 1 aromatic heterocycles. The number of nitrogens with zero attached hydrogens (tertiary/aromatic N) is 2. The standard InChI is InChI=1S/C13H16ClFN4/c1-3-7-5-8(4-2)19(18-7)13-10(17)6-9(16)11(14)12(13)15/h5-6H,3-4,16-17H2,1-2H3. The highest BCUT2D eigenvalue weighted by molar-refractivity contribution is 6.33. The molecule has 0 amide bonds. The molecule has 2 aromatic rings. The summed E-state index contributed by atoms with van der Waals surface area (Å²) in [5.74, 6) is -0.639. The largest absolute Gasteiger partial charge is 0.397 e. The number of aromatic nitrogens is 2. The molecule has 1 heterocycles. The molecule has 0 aliphatic rings. The average molecular weight is 283 g/mol. The van der Waals surface area contributed by atoms with Gasteiger partial charge < -0.3 is 11.5 Å². The summed E-state index contributed by atoms with van der Waals surface area (Å²) < 4.78 is 15.8. The number of rotatable bonds is 3. The Balaban J connectivity index is 2.71. The van der Waals surface area contributed by atoms with Crippen molar-refractivity contribution >= 4 is 23.0 Å². The van der Waals surface area contributed by atoms with Gasteiger partial charge in [0.1, 0.15) is 10.7 Å². The first-order chi connectivity index (χ1) is 8.99. The normalized spacial score (nSPS) is 10.9. The minimum atomic E-state index is -0.639. The maximum absolute atomic E-state index is 14.3. The number of nitrogen functional groups attached to an aromatic ring is 2. The lowest BCUT2D eigenvalue weighted by molar-refractivity contribution is 0.608. The van der Waals surface area contributed by atoms with E-state index >= 15 is 0 Å². The fourth-order valence-electron chi connectivity index (χ4n) is 1.97. The van der Waals surface area contributed by atoms with Gasteiger partial charge in [-0.05, 0) is 25.0 Å². The number of hydrogen-bond donors (Lipinski definition) is 2. The summed E-state index contributed by atoms with van der Waals surface area (Å²) in [5, 5.41) is 4.23. The van der Waals surface area contributed by atoms with Crippen LogP contribution >= 0.6 is 11.6 Å². The van der Waals surface area contributed by atoms with Crippen LogP contribution in [-0.2, 0) is 12.8 Å². The molecule has 0 saturated heterocycles. The molecule has 0 saturated carbocycles. The number of nitrogens with two attached hydrogens (primary N) is 2. The lowest BCUT2D eigenvalue weighted by Gasteiger charge is -2.12. The van der Waals surface area contributed by atoms with Crippen molar-refractivity contribution in [1.82, 2.24) is 9.78 Å². The summed E-state index contributed by atoms with van der Waals surface area (Å²) in [6, 6.07) is 3.39. The van der Waals surface area contributed by atoms with Crippen LogP contribution in [0.4, 0.5) is 15.8 Å². The van der Waals surface area contributed by atoms with Gasteiger partial charge in [-0.1, -0.05) is 25.4 Å². The van der Waals surface area contributed by atoms with E-state index in [1.807, 2.05) is 19.9 Å². The van der Waals surface area contributed by atoms with Crippen LogP contribution in [0.3, 0.4) is 0 Å². The second-order valence-electron chi connectivity index (χ2n) is 4.28. The molecule has 0 aliphatic carbocycles. The topological polar surface area (TPSA) is 69.9 Å². The molecule has 4 N–H and O–H groups in total. The molecule has 2 rings (SSSR count). The first-order valence-corrected chi connectivity index (χ1v) is 6.48. The Bertz CT molecular complexity index is 622. The van der Waals surface area contributed by atoms with E-state index in [4.69, 9.17) is 23.1 Å². The summed E-state index contributed by atoms with van der Waals surface area (Å²) >= 11 is 5.84. The monoisotopic (exact) mass is 282 g/mol. The summed E-state index contributed by atoms with van der Waals surface area (Å²) in [5.41, 5.74) is 13.7. The van der Waals surface area contributed by atoms with Crippen molar-refractivity contribution in [3.8, 4) is 5.69 Å². The minimum Gasteiger partial charge on any atom is -0.397 e. The molecule has 0 unspecified atom stereocenters. The number of anilines is 2. The Labute approximate surface area is 116 Å². The lowest BCUT2D eigenvalue weighted by atomic mass is 10.2. The van der Waals surface area contributed by atoms with Crippen molar-refractivity contribution in [2.45, 2.75) is 26.7 Å². The van der Waals surface area contributed by atoms with Crippen LogP contribution in [0.25, 0.3) is 5.69 Å². The van der Waals surface area contributed by atoms with Crippen LogP contribution in [0.5, 0.6) is 0 Å². The smallest absolute Gasteiger partial charge is 0.171 e. The zero-order valence-electron chi connectivity index (χ0n) is 10.9. The molecule has 0 atom stereocenters. The number of benzene rings is 1. The van der Waals surface area contributed by atoms with Crippen molar-refractivity contribution in [3.63, 3.8) is 0 Å². The predicted molar refractivity (Wildman–Crippen MR) is 76.1 cm³/mol. The van der Waals surface area contributed by atoms with Gasteiger partial charge >= 0.3 is 0 Å². The molecular weight excluding hydrogens is 267 g/mol. The van der Waals surface area contributed by atoms with E-state index in [1.165, 1.54) is 10.7 Å². The number of halogens is 2. The van der Waals surface area contributed by atoms with E-state index in [0.29, 0.717) is 6.42 Å². The second kappa shape index (κ2) is 5.09. The van der Waals surface area contributed by atoms with Crippen LogP contribution in [0.2, 0.25) is 5.02 Å². The summed E-state index contributed by atoms with van der Waals surface area (Å²) in [6.07, 6.45) is 1.48. The van der Waals surface area contributed by atoms with Gasteiger partial charge in [0.15, 0.2) is 5.82 Å². The second-order valence-corrected chi connectivity index (χ2v) is 4.66. The summed E-state index contributed by atoms with van der Waals surface area (Å²) in [6.45, 7) is 3.96. The van der Waals surface area contributed by atoms with Crippen LogP contribution < -0.4 is 11.5 Å². The fourth-order valence-corrected chi connectivity index (χ4v) is 2.11. The highest BCUT2D eigenvalue weighted by Crippen LogP contribution is 2.33. The molecule has 19 heavy (non-hydrogen) atoms. The molecule has 4 nitrogen and oxygen atoms in total. The van der Waals surface area contributed by atoms with Crippen LogP contribution in [0, 0.1) is 5.82 Å². The highest BCUT2D eigenvalue weighted by Gasteiger charge is 2.19. The molecule has 0 spiro atoms. The summed E-state index contributed by atoms with van der Waals surface area (Å²) in [4.78, 5) is 0. The summed E-state index contributed by atoms with van der Waals surface area (Å²) in [7, 11) is 0. The third kappa shape index (κ3) is 2.26. The predicted octanol–water partition coefficient (Wildman–Crippen LogP) is 2.95. The first kappa shape index (κ1) is 13.7. The SMILES string of the molecule is CCc1cc(CC)n(-c2c(N)cc(N)c(Cl)c2F)n1. The minimum absolute atomic E-state index is 0.125. The maximum atomic E-state index is 14.3. The molecule has 0 radical (unpaired) electrons. The molecule has 0 bridgehead atoms. The van der Waals surface area contributed by atoms with Crippen molar-refractivity contribution in [2.75, 3.05) is 11.5 Å². The molecule has 6 heteroatoms. The van der Waals surface area contributed by atoms with E-state index < -0.39 is 5.82 Å². The van der Waals surface area contributed by atoms with Crippen molar-refractivity contribution in [1.29, 1.82) is 0 Å². The van der Waals surface area contributed by atoms with Gasteiger partial charge in [0.05, 0.1) is 17.1 Å². The van der Waals surface area contributed by atoms with Gasteiger partial charge in [0.25, 0.3) is 0 Å². The van der Waals surface area contributed by atoms with Crippen molar-refractivity contribution < 1.29 is 4.39 Å². The van der Waals surface area contributed by atoms with E-state index in [9.17, 15) is 4.39 Å². The maximum Gasteiger partial charge on any atom is 0.171 e. The van der Waals surface area contributed by atoms with Gasteiger partial charge in [0, 0.05) is 5.69 Å². The van der Waals surface area contributed by atoms with Gasteiger partial charge in [0.2, 0.25) is 0 Å². The number of aryl methyl sites for hydroxylation is 2. The Hall–Kier alpha value is -1.75. The van der Waals surface area contributed by atoms with E-state index in [-0.39, 0.29) is 22.1 Å². The third-order valence-corrected chi connectivity index (χ3v) is 3.39. The van der Waals surface area contributed by atoms with Crippen molar-refractivity contribution in [3.05, 3.63) is 34.4 Å². The Kier molecular flexibility index (Phi) is 3.66. The van der Waals surface area contributed by atoms with Gasteiger partial charge in [-0.3, -0.25) is 0 Å². The molecule has 0 aliphatic heterocycles. The zero-order valence-corrected chi connectivity index (χ0v) is 11.6. The lowest BCUT2D eigenvalue weighted by Crippen LogP contribution is -2.09. The Morgan fingerprint density at radius 3 is 2.47 bits per heavy atom.